The summed E-state index contributed by atoms with van der Waals surface area (Å²) in [6.45, 7) is 1.38. The average Bonchev–Trinajstić information content (AvgIpc) is 3.27. The van der Waals surface area contributed by atoms with Crippen molar-refractivity contribution in [2.24, 2.45) is 0 Å². The predicted molar refractivity (Wildman–Crippen MR) is 137 cm³/mol. The van der Waals surface area contributed by atoms with Crippen molar-refractivity contribution in [2.75, 3.05) is 6.54 Å². The predicted octanol–water partition coefficient (Wildman–Crippen LogP) is 7.77. The van der Waals surface area contributed by atoms with Crippen LogP contribution in [-0.2, 0) is 6.42 Å². The lowest BCUT2D eigenvalue weighted by Crippen LogP contribution is -2.34. The Kier molecular flexibility index (Phi) is 8.04. The quantitative estimate of drug-likeness (QED) is 0.167. The number of aromatic nitrogens is 1. The molecule has 0 fully saturated rings. The molecule has 0 unspecified atom stereocenters. The van der Waals surface area contributed by atoms with E-state index in [1.165, 1.54) is 54.6 Å². The fraction of sp³-hybridized carbons (Fsp3) is 0.276. The number of amides is 1. The van der Waals surface area contributed by atoms with Gasteiger partial charge in [-0.3, -0.25) is 9.59 Å². The summed E-state index contributed by atoms with van der Waals surface area (Å²) in [5, 5.41) is 2.36. The van der Waals surface area contributed by atoms with Crippen LogP contribution in [0.4, 0.5) is 26.3 Å². The third-order valence-corrected chi connectivity index (χ3v) is 6.11. The van der Waals surface area contributed by atoms with Gasteiger partial charge in [0.15, 0.2) is 5.78 Å². The van der Waals surface area contributed by atoms with Crippen LogP contribution in [-0.4, -0.2) is 35.3 Å². The number of ketones is 1. The first-order valence-electron chi connectivity index (χ1n) is 12.3. The number of hydrogen-bond acceptors (Lipinski definition) is 4. The molecule has 5 nitrogen and oxygen atoms in total. The first-order valence-corrected chi connectivity index (χ1v) is 12.3. The molecule has 1 amide bonds. The molecular weight excluding hydrogens is 538 g/mol. The van der Waals surface area contributed by atoms with E-state index in [2.05, 4.69) is 10.3 Å². The Labute approximate surface area is 225 Å². The van der Waals surface area contributed by atoms with Crippen LogP contribution in [0.2, 0.25) is 0 Å². The Bertz CT molecular complexity index is 1550. The van der Waals surface area contributed by atoms with Crippen molar-refractivity contribution in [1.29, 1.82) is 0 Å². The Morgan fingerprint density at radius 3 is 2.30 bits per heavy atom. The molecular formula is C29H24F6N2O3. The van der Waals surface area contributed by atoms with Crippen molar-refractivity contribution >= 4 is 22.8 Å². The summed E-state index contributed by atoms with van der Waals surface area (Å²) < 4.78 is 85.4. The summed E-state index contributed by atoms with van der Waals surface area (Å²) in [6.07, 6.45) is -6.15. The highest BCUT2D eigenvalue weighted by Gasteiger charge is 2.29. The first-order chi connectivity index (χ1) is 18.8. The van der Waals surface area contributed by atoms with Gasteiger partial charge >= 0.3 is 6.18 Å². The van der Waals surface area contributed by atoms with Gasteiger partial charge in [0, 0.05) is 36.5 Å². The lowest BCUT2D eigenvalue weighted by molar-refractivity contribution is -0.134. The van der Waals surface area contributed by atoms with Crippen molar-refractivity contribution < 1.29 is 40.3 Å². The second-order valence-electron chi connectivity index (χ2n) is 9.37. The van der Waals surface area contributed by atoms with Crippen molar-refractivity contribution in [2.45, 2.75) is 45.2 Å². The SMILES string of the molecule is CCC(=O)c1c(-c2ccc(F)cc2)oc2nc(CCC(F)(F)F)c(-c3cccc(C(=O)NCC(C)(F)F)c3)cc12. The molecule has 0 saturated heterocycles. The number of nitrogens with one attached hydrogen (secondary N) is 1. The Morgan fingerprint density at radius 1 is 0.975 bits per heavy atom. The number of hydrogen-bond donors (Lipinski definition) is 1. The van der Waals surface area contributed by atoms with E-state index in [4.69, 9.17) is 4.42 Å². The van der Waals surface area contributed by atoms with E-state index < -0.39 is 43.2 Å². The lowest BCUT2D eigenvalue weighted by Gasteiger charge is -2.13. The van der Waals surface area contributed by atoms with E-state index in [1.807, 2.05) is 0 Å². The molecule has 0 spiro atoms. The maximum absolute atomic E-state index is 13.5. The molecule has 2 aromatic heterocycles. The second kappa shape index (κ2) is 11.1. The van der Waals surface area contributed by atoms with E-state index >= 15 is 0 Å². The Hall–Kier alpha value is -4.15. The Balaban J connectivity index is 1.89. The molecule has 0 aliphatic heterocycles. The minimum Gasteiger partial charge on any atom is -0.437 e. The van der Waals surface area contributed by atoms with E-state index in [0.717, 1.165) is 0 Å². The number of Topliss-reactive ketones (excluding diaryl/α,β-unsaturated/α-hetero) is 1. The topological polar surface area (TPSA) is 72.2 Å². The second-order valence-corrected chi connectivity index (χ2v) is 9.37. The number of carbonyl (C=O) groups is 2. The van der Waals surface area contributed by atoms with E-state index in [1.54, 1.807) is 6.92 Å². The van der Waals surface area contributed by atoms with Crippen molar-refractivity contribution in [3.8, 4) is 22.5 Å². The van der Waals surface area contributed by atoms with Gasteiger partial charge in [-0.05, 0) is 54.4 Å². The van der Waals surface area contributed by atoms with Crippen LogP contribution >= 0.6 is 0 Å². The summed E-state index contributed by atoms with van der Waals surface area (Å²) in [4.78, 5) is 29.9. The molecule has 0 radical (unpaired) electrons. The first kappa shape index (κ1) is 28.8. The van der Waals surface area contributed by atoms with Crippen LogP contribution in [0.1, 0.15) is 53.1 Å². The number of aryl methyl sites for hydroxylation is 1. The molecule has 11 heteroatoms. The van der Waals surface area contributed by atoms with Crippen molar-refractivity contribution in [3.05, 3.63) is 77.2 Å². The zero-order valence-electron chi connectivity index (χ0n) is 21.5. The van der Waals surface area contributed by atoms with Crippen molar-refractivity contribution in [3.63, 3.8) is 0 Å². The molecule has 0 saturated carbocycles. The maximum atomic E-state index is 13.5. The van der Waals surface area contributed by atoms with Crippen LogP contribution in [0.3, 0.4) is 0 Å². The van der Waals surface area contributed by atoms with Crippen LogP contribution in [0.25, 0.3) is 33.6 Å². The number of carbonyl (C=O) groups excluding carboxylic acids is 2. The van der Waals surface area contributed by atoms with Gasteiger partial charge in [-0.25, -0.2) is 18.2 Å². The molecule has 0 aliphatic carbocycles. The summed E-state index contributed by atoms with van der Waals surface area (Å²) in [5.41, 5.74) is 0.951. The number of benzene rings is 2. The Morgan fingerprint density at radius 2 is 1.68 bits per heavy atom. The summed E-state index contributed by atoms with van der Waals surface area (Å²) in [6, 6.07) is 12.4. The van der Waals surface area contributed by atoms with Crippen LogP contribution in [0.5, 0.6) is 0 Å². The number of fused-ring (bicyclic) bond motifs is 1. The van der Waals surface area contributed by atoms with Crippen LogP contribution < -0.4 is 5.32 Å². The molecule has 0 bridgehead atoms. The number of nitrogens with zero attached hydrogens (tertiary/aromatic N) is 1. The van der Waals surface area contributed by atoms with Gasteiger partial charge in [0.1, 0.15) is 11.6 Å². The van der Waals surface area contributed by atoms with Gasteiger partial charge in [0.25, 0.3) is 11.8 Å². The third-order valence-electron chi connectivity index (χ3n) is 6.11. The molecule has 210 valence electrons. The van der Waals surface area contributed by atoms with E-state index in [-0.39, 0.29) is 51.4 Å². The minimum absolute atomic E-state index is 0.00243. The molecule has 1 N–H and O–H groups in total. The van der Waals surface area contributed by atoms with Gasteiger partial charge in [-0.2, -0.15) is 13.2 Å². The number of pyridine rings is 1. The third kappa shape index (κ3) is 6.70. The van der Waals surface area contributed by atoms with Gasteiger partial charge in [0.2, 0.25) is 5.71 Å². The summed E-state index contributed by atoms with van der Waals surface area (Å²) in [5.74, 6) is -4.68. The molecule has 40 heavy (non-hydrogen) atoms. The van der Waals surface area contributed by atoms with Crippen LogP contribution in [0, 0.1) is 5.82 Å². The highest BCUT2D eigenvalue weighted by molar-refractivity contribution is 6.12. The lowest BCUT2D eigenvalue weighted by atomic mass is 9.95. The molecule has 0 aliphatic rings. The fourth-order valence-corrected chi connectivity index (χ4v) is 4.18. The number of furan rings is 1. The minimum atomic E-state index is -4.49. The van der Waals surface area contributed by atoms with E-state index in [9.17, 15) is 35.9 Å². The highest BCUT2D eigenvalue weighted by Crippen LogP contribution is 2.38. The number of rotatable bonds is 9. The van der Waals surface area contributed by atoms with Gasteiger partial charge in [0.05, 0.1) is 23.2 Å². The zero-order valence-corrected chi connectivity index (χ0v) is 21.5. The fourth-order valence-electron chi connectivity index (χ4n) is 4.18. The van der Waals surface area contributed by atoms with Gasteiger partial charge in [-0.1, -0.05) is 19.1 Å². The maximum Gasteiger partial charge on any atom is 0.389 e. The zero-order chi connectivity index (χ0) is 29.2. The van der Waals surface area contributed by atoms with E-state index in [0.29, 0.717) is 18.1 Å². The molecule has 2 heterocycles. The summed E-state index contributed by atoms with van der Waals surface area (Å²) in [7, 11) is 0. The largest absolute Gasteiger partial charge is 0.437 e. The standard InChI is InChI=1S/C29H24F6N2O3/c1-3-23(38)24-21-14-20(17-5-4-6-18(13-17)26(39)36-15-28(2,31)32)22(11-12-29(33,34)35)37-27(21)40-25(24)16-7-9-19(30)10-8-16/h4-10,13-14H,3,11-12,15H2,1-2H3,(H,36,39). The number of halogens is 6. The van der Waals surface area contributed by atoms with Crippen LogP contribution in [0.15, 0.2) is 59.0 Å². The summed E-state index contributed by atoms with van der Waals surface area (Å²) >= 11 is 0. The van der Waals surface area contributed by atoms with Gasteiger partial charge in [-0.15, -0.1) is 0 Å². The molecule has 4 rings (SSSR count). The molecule has 4 aromatic rings. The smallest absolute Gasteiger partial charge is 0.389 e. The normalized spacial score (nSPS) is 12.1. The van der Waals surface area contributed by atoms with Gasteiger partial charge < -0.3 is 9.73 Å². The molecule has 2 aromatic carbocycles. The highest BCUT2D eigenvalue weighted by atomic mass is 19.4. The number of alkyl halides is 5. The van der Waals surface area contributed by atoms with Crippen molar-refractivity contribution in [1.82, 2.24) is 10.3 Å². The molecule has 0 atom stereocenters. The monoisotopic (exact) mass is 562 g/mol. The average molecular weight is 563 g/mol.